The molecule has 1 aromatic heterocycles. The summed E-state index contributed by atoms with van der Waals surface area (Å²) in [7, 11) is 0. The number of aryl methyl sites for hydroxylation is 1. The topological polar surface area (TPSA) is 66.9 Å². The van der Waals surface area contributed by atoms with Gasteiger partial charge < -0.3 is 10.6 Å². The third-order valence-electron chi connectivity index (χ3n) is 2.91. The molecule has 0 radical (unpaired) electrons. The molecule has 0 unspecified atom stereocenters. The quantitative estimate of drug-likeness (QED) is 0.799. The molecule has 21 heavy (non-hydrogen) atoms. The maximum atomic E-state index is 12.1. The minimum atomic E-state index is -0.261. The zero-order valence-corrected chi connectivity index (χ0v) is 12.0. The first-order valence-corrected chi connectivity index (χ1v) is 6.81. The van der Waals surface area contributed by atoms with Crippen LogP contribution in [0, 0.1) is 0 Å². The van der Waals surface area contributed by atoms with Crippen LogP contribution in [0.1, 0.15) is 23.0 Å². The fraction of sp³-hybridized carbons (Fsp3) is 0.188. The van der Waals surface area contributed by atoms with Crippen LogP contribution in [0.15, 0.2) is 49.2 Å². The van der Waals surface area contributed by atoms with Crippen LogP contribution >= 0.6 is 0 Å². The number of hydrogen-bond acceptors (Lipinski definition) is 4. The van der Waals surface area contributed by atoms with E-state index in [1.54, 1.807) is 18.3 Å². The van der Waals surface area contributed by atoms with Gasteiger partial charge in [-0.3, -0.25) is 4.79 Å². The summed E-state index contributed by atoms with van der Waals surface area (Å²) in [5.41, 5.74) is 2.29. The van der Waals surface area contributed by atoms with Crippen molar-refractivity contribution in [3.05, 3.63) is 60.4 Å². The highest BCUT2D eigenvalue weighted by molar-refractivity contribution is 6.02. The van der Waals surface area contributed by atoms with Crippen molar-refractivity contribution in [2.45, 2.75) is 13.3 Å². The fourth-order valence-electron chi connectivity index (χ4n) is 1.75. The highest BCUT2D eigenvalue weighted by atomic mass is 16.1. The van der Waals surface area contributed by atoms with Crippen LogP contribution in [0.25, 0.3) is 0 Å². The van der Waals surface area contributed by atoms with Crippen LogP contribution in [0.5, 0.6) is 0 Å². The van der Waals surface area contributed by atoms with Gasteiger partial charge in [-0.25, -0.2) is 9.97 Å². The maximum Gasteiger partial charge on any atom is 0.274 e. The monoisotopic (exact) mass is 282 g/mol. The predicted octanol–water partition coefficient (Wildman–Crippen LogP) is 2.89. The first-order valence-electron chi connectivity index (χ1n) is 6.81. The number of aromatic nitrogens is 2. The Morgan fingerprint density at radius 3 is 2.71 bits per heavy atom. The third-order valence-corrected chi connectivity index (χ3v) is 2.91. The smallest absolute Gasteiger partial charge is 0.274 e. The number of carbonyl (C=O) groups excluding carboxylic acids is 1. The van der Waals surface area contributed by atoms with Crippen molar-refractivity contribution in [3.63, 3.8) is 0 Å². The van der Waals surface area contributed by atoms with E-state index in [0.717, 1.165) is 12.1 Å². The van der Waals surface area contributed by atoms with Crippen molar-refractivity contribution in [1.82, 2.24) is 9.97 Å². The Kier molecular flexibility index (Phi) is 5.04. The van der Waals surface area contributed by atoms with Gasteiger partial charge in [0.2, 0.25) is 5.95 Å². The largest absolute Gasteiger partial charge is 0.351 e. The molecule has 108 valence electrons. The summed E-state index contributed by atoms with van der Waals surface area (Å²) in [6.07, 6.45) is 4.22. The van der Waals surface area contributed by atoms with E-state index >= 15 is 0 Å². The normalized spacial score (nSPS) is 9.95. The molecule has 0 aliphatic heterocycles. The lowest BCUT2D eigenvalue weighted by molar-refractivity contribution is 0.102. The summed E-state index contributed by atoms with van der Waals surface area (Å²) in [5.74, 6) is 0.146. The van der Waals surface area contributed by atoms with E-state index in [1.807, 2.05) is 24.3 Å². The summed E-state index contributed by atoms with van der Waals surface area (Å²) in [6, 6.07) is 9.33. The lowest BCUT2D eigenvalue weighted by Gasteiger charge is -2.07. The Morgan fingerprint density at radius 1 is 1.29 bits per heavy atom. The molecule has 2 N–H and O–H groups in total. The number of nitrogens with zero attached hydrogens (tertiary/aromatic N) is 2. The zero-order valence-electron chi connectivity index (χ0n) is 12.0. The maximum absolute atomic E-state index is 12.1. The lowest BCUT2D eigenvalue weighted by atomic mass is 10.1. The molecule has 2 rings (SSSR count). The van der Waals surface area contributed by atoms with E-state index < -0.39 is 0 Å². The van der Waals surface area contributed by atoms with Gasteiger partial charge in [-0.15, -0.1) is 6.58 Å². The van der Waals surface area contributed by atoms with E-state index in [9.17, 15) is 4.79 Å². The summed E-state index contributed by atoms with van der Waals surface area (Å²) in [5, 5.41) is 5.76. The molecule has 0 spiro atoms. The summed E-state index contributed by atoms with van der Waals surface area (Å²) < 4.78 is 0. The van der Waals surface area contributed by atoms with Crippen molar-refractivity contribution in [3.8, 4) is 0 Å². The number of amides is 1. The molecule has 2 aromatic rings. The molecule has 1 aromatic carbocycles. The number of nitrogens with one attached hydrogen (secondary N) is 2. The molecule has 0 fully saturated rings. The van der Waals surface area contributed by atoms with E-state index in [4.69, 9.17) is 0 Å². The Balaban J connectivity index is 2.06. The fourth-order valence-corrected chi connectivity index (χ4v) is 1.75. The van der Waals surface area contributed by atoms with Gasteiger partial charge >= 0.3 is 0 Å². The van der Waals surface area contributed by atoms with Gasteiger partial charge in [-0.2, -0.15) is 0 Å². The molecule has 5 heteroatoms. The van der Waals surface area contributed by atoms with Crippen molar-refractivity contribution >= 4 is 17.5 Å². The predicted molar refractivity (Wildman–Crippen MR) is 84.5 cm³/mol. The highest BCUT2D eigenvalue weighted by Gasteiger charge is 2.09. The minimum absolute atomic E-state index is 0.261. The summed E-state index contributed by atoms with van der Waals surface area (Å²) in [6.45, 7) is 6.24. The van der Waals surface area contributed by atoms with Gasteiger partial charge in [0.25, 0.3) is 5.91 Å². The summed E-state index contributed by atoms with van der Waals surface area (Å²) in [4.78, 5) is 20.3. The second kappa shape index (κ2) is 7.19. The molecule has 0 saturated carbocycles. The molecule has 0 bridgehead atoms. The molecule has 0 saturated heterocycles. The van der Waals surface area contributed by atoms with Gasteiger partial charge in [0.15, 0.2) is 0 Å². The Hall–Kier alpha value is -2.69. The Labute approximate surface area is 124 Å². The van der Waals surface area contributed by atoms with Gasteiger partial charge in [0.1, 0.15) is 5.69 Å². The zero-order chi connectivity index (χ0) is 15.1. The van der Waals surface area contributed by atoms with Crippen molar-refractivity contribution in [1.29, 1.82) is 0 Å². The molecule has 1 heterocycles. The van der Waals surface area contributed by atoms with Crippen LogP contribution < -0.4 is 10.6 Å². The van der Waals surface area contributed by atoms with Crippen molar-refractivity contribution < 1.29 is 4.79 Å². The molecule has 0 atom stereocenters. The van der Waals surface area contributed by atoms with Gasteiger partial charge in [0.05, 0.1) is 0 Å². The SMILES string of the molecule is C=CCNc1nccc(C(=O)Nc2ccc(CC)cc2)n1. The Morgan fingerprint density at radius 2 is 2.05 bits per heavy atom. The van der Waals surface area contributed by atoms with Gasteiger partial charge in [-0.05, 0) is 30.2 Å². The van der Waals surface area contributed by atoms with E-state index in [2.05, 4.69) is 34.1 Å². The highest BCUT2D eigenvalue weighted by Crippen LogP contribution is 2.11. The van der Waals surface area contributed by atoms with Crippen LogP contribution in [0.2, 0.25) is 0 Å². The first-order chi connectivity index (χ1) is 10.2. The third kappa shape index (κ3) is 4.14. The second-order valence-corrected chi connectivity index (χ2v) is 4.44. The number of benzene rings is 1. The van der Waals surface area contributed by atoms with Gasteiger partial charge in [-0.1, -0.05) is 25.1 Å². The van der Waals surface area contributed by atoms with Crippen LogP contribution in [-0.4, -0.2) is 22.4 Å². The first kappa shape index (κ1) is 14.7. The average Bonchev–Trinajstić information content (AvgIpc) is 2.54. The summed E-state index contributed by atoms with van der Waals surface area (Å²) >= 11 is 0. The Bertz CT molecular complexity index is 622. The second-order valence-electron chi connectivity index (χ2n) is 4.44. The molecular weight excluding hydrogens is 264 g/mol. The molecule has 0 aliphatic rings. The van der Waals surface area contributed by atoms with Gasteiger partial charge in [0, 0.05) is 18.4 Å². The molecule has 0 aliphatic carbocycles. The number of rotatable bonds is 6. The van der Waals surface area contributed by atoms with Crippen molar-refractivity contribution in [2.24, 2.45) is 0 Å². The minimum Gasteiger partial charge on any atom is -0.351 e. The van der Waals surface area contributed by atoms with Crippen LogP contribution in [-0.2, 0) is 6.42 Å². The van der Waals surface area contributed by atoms with Crippen LogP contribution in [0.4, 0.5) is 11.6 Å². The average molecular weight is 282 g/mol. The van der Waals surface area contributed by atoms with Crippen molar-refractivity contribution in [2.75, 3.05) is 17.2 Å². The lowest BCUT2D eigenvalue weighted by Crippen LogP contribution is -2.15. The molecule has 1 amide bonds. The number of anilines is 2. The standard InChI is InChI=1S/C16H18N4O/c1-3-10-17-16-18-11-9-14(20-16)15(21)19-13-7-5-12(4-2)6-8-13/h3,5-9,11H,1,4,10H2,2H3,(H,19,21)(H,17,18,20). The van der Waals surface area contributed by atoms with E-state index in [1.165, 1.54) is 5.56 Å². The number of carbonyl (C=O) groups is 1. The van der Waals surface area contributed by atoms with E-state index in [0.29, 0.717) is 18.2 Å². The van der Waals surface area contributed by atoms with E-state index in [-0.39, 0.29) is 5.91 Å². The molecular formula is C16H18N4O. The molecule has 5 nitrogen and oxygen atoms in total. The number of hydrogen-bond donors (Lipinski definition) is 2. The van der Waals surface area contributed by atoms with Crippen LogP contribution in [0.3, 0.4) is 0 Å².